The Morgan fingerprint density at radius 2 is 0.537 bits per heavy atom. The van der Waals surface area contributed by atoms with E-state index in [1.54, 1.807) is 0 Å². The van der Waals surface area contributed by atoms with E-state index in [0.29, 0.717) is 25.7 Å². The standard InChI is InChI=1S/C76H148O17P2/c1-7-10-12-14-16-18-20-22-23-24-25-26-28-32-37-41-49-55-61-75(80)92-71(64-86-73(78)58-52-46-39-35-33-29-30-34-38-44-50-56-68(4)5)66-90-94(82,83)88-62-70(77)63-89-95(84,85)91-67-72(65-87-74(79)59-53-47-43-42-45-51-57-69(6)9-3)93-76(81)60-54-48-40-36-31-27-21-19-17-15-13-11-8-2/h68-72,77H,7-67H2,1-6H3,(H,82,83)(H,84,85)/t69?,70-,71-,72-/m1/s1. The van der Waals surface area contributed by atoms with E-state index in [9.17, 15) is 43.2 Å². The second kappa shape index (κ2) is 67.9. The van der Waals surface area contributed by atoms with Crippen LogP contribution < -0.4 is 0 Å². The van der Waals surface area contributed by atoms with Gasteiger partial charge in [-0.25, -0.2) is 9.13 Å². The van der Waals surface area contributed by atoms with E-state index >= 15 is 0 Å². The van der Waals surface area contributed by atoms with Crippen LogP contribution in [0, 0.1) is 11.8 Å². The number of unbranched alkanes of at least 4 members (excludes halogenated alkanes) is 44. The fourth-order valence-electron chi connectivity index (χ4n) is 11.6. The van der Waals surface area contributed by atoms with Gasteiger partial charge in [-0.1, -0.05) is 343 Å². The summed E-state index contributed by atoms with van der Waals surface area (Å²) in [6.07, 6.45) is 55.4. The van der Waals surface area contributed by atoms with Gasteiger partial charge in [0.15, 0.2) is 12.2 Å². The van der Waals surface area contributed by atoms with Gasteiger partial charge in [-0.2, -0.15) is 0 Å². The molecule has 0 aromatic heterocycles. The Morgan fingerprint density at radius 1 is 0.305 bits per heavy atom. The molecule has 6 atom stereocenters. The van der Waals surface area contributed by atoms with Crippen LogP contribution in [0.2, 0.25) is 0 Å². The van der Waals surface area contributed by atoms with Crippen LogP contribution in [0.4, 0.5) is 0 Å². The molecule has 0 aliphatic rings. The zero-order chi connectivity index (χ0) is 70.0. The van der Waals surface area contributed by atoms with Crippen molar-refractivity contribution in [3.05, 3.63) is 0 Å². The molecule has 564 valence electrons. The van der Waals surface area contributed by atoms with Gasteiger partial charge in [-0.3, -0.25) is 37.3 Å². The fraction of sp³-hybridized carbons (Fsp3) is 0.947. The lowest BCUT2D eigenvalue weighted by Crippen LogP contribution is -2.30. The van der Waals surface area contributed by atoms with Gasteiger partial charge in [0.1, 0.15) is 19.3 Å². The zero-order valence-electron chi connectivity index (χ0n) is 62.0. The summed E-state index contributed by atoms with van der Waals surface area (Å²) in [5, 5.41) is 10.6. The van der Waals surface area contributed by atoms with Crippen molar-refractivity contribution in [2.75, 3.05) is 39.6 Å². The van der Waals surface area contributed by atoms with Gasteiger partial charge < -0.3 is 33.8 Å². The van der Waals surface area contributed by atoms with Gasteiger partial charge in [-0.05, 0) is 37.5 Å². The minimum Gasteiger partial charge on any atom is -0.462 e. The normalized spacial score (nSPS) is 14.3. The molecule has 17 nitrogen and oxygen atoms in total. The van der Waals surface area contributed by atoms with Crippen LogP contribution in [-0.4, -0.2) is 96.7 Å². The Kier molecular flexibility index (Phi) is 66.5. The molecular weight excluding hydrogens is 1250 g/mol. The van der Waals surface area contributed by atoms with Crippen molar-refractivity contribution >= 4 is 39.5 Å². The highest BCUT2D eigenvalue weighted by molar-refractivity contribution is 7.47. The number of esters is 4. The summed E-state index contributed by atoms with van der Waals surface area (Å²) in [6.45, 7) is 9.57. The summed E-state index contributed by atoms with van der Waals surface area (Å²) in [7, 11) is -9.91. The average Bonchev–Trinajstić information content (AvgIpc) is 1.90. The largest absolute Gasteiger partial charge is 0.472 e. The highest BCUT2D eigenvalue weighted by Crippen LogP contribution is 2.45. The third-order valence-corrected chi connectivity index (χ3v) is 20.0. The molecule has 0 fully saturated rings. The van der Waals surface area contributed by atoms with E-state index in [1.807, 2.05) is 0 Å². The van der Waals surface area contributed by atoms with Crippen molar-refractivity contribution in [3.8, 4) is 0 Å². The predicted octanol–water partition coefficient (Wildman–Crippen LogP) is 22.3. The maximum absolute atomic E-state index is 13.1. The lowest BCUT2D eigenvalue weighted by molar-refractivity contribution is -0.161. The Balaban J connectivity index is 5.24. The highest BCUT2D eigenvalue weighted by atomic mass is 31.2. The summed E-state index contributed by atoms with van der Waals surface area (Å²) in [5.41, 5.74) is 0. The molecule has 0 aromatic carbocycles. The van der Waals surface area contributed by atoms with E-state index in [1.165, 1.54) is 205 Å². The topological polar surface area (TPSA) is 237 Å². The van der Waals surface area contributed by atoms with Crippen molar-refractivity contribution in [1.82, 2.24) is 0 Å². The first-order chi connectivity index (χ1) is 45.9. The molecule has 0 radical (unpaired) electrons. The lowest BCUT2D eigenvalue weighted by Gasteiger charge is -2.21. The first-order valence-electron chi connectivity index (χ1n) is 39.5. The van der Waals surface area contributed by atoms with E-state index in [4.69, 9.17) is 37.0 Å². The van der Waals surface area contributed by atoms with Gasteiger partial charge in [0.25, 0.3) is 0 Å². The molecule has 0 aliphatic carbocycles. The second-order valence-corrected chi connectivity index (χ2v) is 31.0. The Morgan fingerprint density at radius 3 is 0.800 bits per heavy atom. The average molecular weight is 1400 g/mol. The Labute approximate surface area is 581 Å². The first-order valence-corrected chi connectivity index (χ1v) is 42.5. The molecule has 0 aromatic rings. The van der Waals surface area contributed by atoms with Gasteiger partial charge in [0, 0.05) is 25.7 Å². The SMILES string of the molecule is CCCCCCCCCCCCCCCCCCCCC(=O)O[C@H](COC(=O)CCCCCCCCCCCCCC(C)C)COP(=O)(O)OC[C@@H](O)COP(=O)(O)OC[C@@H](COC(=O)CCCCCCCCC(C)CC)OC(=O)CCCCCCCCCCCCCCC. The number of aliphatic hydroxyl groups excluding tert-OH is 1. The second-order valence-electron chi connectivity index (χ2n) is 28.1. The van der Waals surface area contributed by atoms with E-state index in [-0.39, 0.29) is 25.7 Å². The fourth-order valence-corrected chi connectivity index (χ4v) is 13.2. The predicted molar refractivity (Wildman–Crippen MR) is 386 cm³/mol. The van der Waals surface area contributed by atoms with Crippen LogP contribution in [0.25, 0.3) is 0 Å². The smallest absolute Gasteiger partial charge is 0.462 e. The molecule has 0 saturated heterocycles. The number of phosphoric ester groups is 2. The molecule has 0 saturated carbocycles. The zero-order valence-corrected chi connectivity index (χ0v) is 63.8. The molecule has 0 rings (SSSR count). The summed E-state index contributed by atoms with van der Waals surface area (Å²) in [6, 6.07) is 0. The molecule has 0 heterocycles. The number of hydrogen-bond acceptors (Lipinski definition) is 15. The van der Waals surface area contributed by atoms with Crippen LogP contribution in [0.1, 0.15) is 395 Å². The Bertz CT molecular complexity index is 1840. The molecule has 19 heteroatoms. The minimum atomic E-state index is -4.96. The van der Waals surface area contributed by atoms with Crippen LogP contribution in [0.3, 0.4) is 0 Å². The molecule has 3 N–H and O–H groups in total. The Hall–Kier alpha value is -1.94. The van der Waals surface area contributed by atoms with Crippen LogP contribution in [0.15, 0.2) is 0 Å². The quantitative estimate of drug-likeness (QED) is 0.0222. The number of carbonyl (C=O) groups is 4. The third-order valence-electron chi connectivity index (χ3n) is 18.1. The van der Waals surface area contributed by atoms with E-state index in [2.05, 4.69) is 41.5 Å². The van der Waals surface area contributed by atoms with Gasteiger partial charge in [-0.15, -0.1) is 0 Å². The van der Waals surface area contributed by atoms with Crippen LogP contribution in [-0.2, 0) is 65.4 Å². The maximum atomic E-state index is 13.1. The van der Waals surface area contributed by atoms with Crippen molar-refractivity contribution in [2.45, 2.75) is 413 Å². The molecule has 0 aliphatic heterocycles. The lowest BCUT2D eigenvalue weighted by atomic mass is 10.00. The summed E-state index contributed by atoms with van der Waals surface area (Å²) < 4.78 is 68.5. The van der Waals surface area contributed by atoms with Crippen molar-refractivity contribution in [1.29, 1.82) is 0 Å². The number of ether oxygens (including phenoxy) is 4. The first kappa shape index (κ1) is 93.1. The van der Waals surface area contributed by atoms with Gasteiger partial charge >= 0.3 is 39.5 Å². The number of aliphatic hydroxyl groups is 1. The third kappa shape index (κ3) is 69.0. The maximum Gasteiger partial charge on any atom is 0.472 e. The number of carbonyl (C=O) groups excluding carboxylic acids is 4. The van der Waals surface area contributed by atoms with Crippen LogP contribution >= 0.6 is 15.6 Å². The van der Waals surface area contributed by atoms with Gasteiger partial charge in [0.2, 0.25) is 0 Å². The monoisotopic (exact) mass is 1400 g/mol. The minimum absolute atomic E-state index is 0.107. The van der Waals surface area contributed by atoms with Crippen LogP contribution in [0.5, 0.6) is 0 Å². The molecule has 3 unspecified atom stereocenters. The summed E-state index contributed by atoms with van der Waals surface area (Å²) in [4.78, 5) is 72.8. The molecule has 0 spiro atoms. The van der Waals surface area contributed by atoms with Crippen molar-refractivity contribution < 1.29 is 80.2 Å². The van der Waals surface area contributed by atoms with E-state index in [0.717, 1.165) is 108 Å². The summed E-state index contributed by atoms with van der Waals surface area (Å²) in [5.74, 6) is -0.613. The molecule has 0 bridgehead atoms. The van der Waals surface area contributed by atoms with Crippen molar-refractivity contribution in [2.24, 2.45) is 11.8 Å². The van der Waals surface area contributed by atoms with E-state index < -0.39 is 97.5 Å². The molecule has 0 amide bonds. The summed E-state index contributed by atoms with van der Waals surface area (Å²) >= 11 is 0. The molecular formula is C76H148O17P2. The van der Waals surface area contributed by atoms with Crippen molar-refractivity contribution in [3.63, 3.8) is 0 Å². The number of rotatable bonds is 75. The highest BCUT2D eigenvalue weighted by Gasteiger charge is 2.30. The van der Waals surface area contributed by atoms with Gasteiger partial charge in [0.05, 0.1) is 26.4 Å². The number of hydrogen-bond donors (Lipinski definition) is 3. The number of phosphoric acid groups is 2. The molecule has 95 heavy (non-hydrogen) atoms.